The van der Waals surface area contributed by atoms with E-state index in [2.05, 4.69) is 36.3 Å². The van der Waals surface area contributed by atoms with E-state index in [4.69, 9.17) is 0 Å². The van der Waals surface area contributed by atoms with Crippen LogP contribution in [0.2, 0.25) is 0 Å². The van der Waals surface area contributed by atoms with Gasteiger partial charge >= 0.3 is 0 Å². The zero-order valence-electron chi connectivity index (χ0n) is 10.6. The Kier molecular flexibility index (Phi) is 3.58. The topological polar surface area (TPSA) is 47.7 Å². The highest BCUT2D eigenvalue weighted by molar-refractivity contribution is 5.19. The summed E-state index contributed by atoms with van der Waals surface area (Å²) < 4.78 is 3.70. The molecule has 5 nitrogen and oxygen atoms in total. The van der Waals surface area contributed by atoms with Gasteiger partial charge in [0, 0.05) is 37.6 Å². The SMILES string of the molecule is CCn1ccc(-n2ccc(CNC(C)C)n2)n1. The number of aryl methyl sites for hydroxylation is 1. The van der Waals surface area contributed by atoms with Crippen LogP contribution < -0.4 is 5.32 Å². The molecule has 2 heterocycles. The summed E-state index contributed by atoms with van der Waals surface area (Å²) in [6.07, 6.45) is 3.91. The number of nitrogens with zero attached hydrogens (tertiary/aromatic N) is 4. The maximum absolute atomic E-state index is 4.48. The normalized spacial score (nSPS) is 11.3. The first kappa shape index (κ1) is 11.9. The predicted molar refractivity (Wildman–Crippen MR) is 67.0 cm³/mol. The van der Waals surface area contributed by atoms with E-state index >= 15 is 0 Å². The van der Waals surface area contributed by atoms with Crippen LogP contribution in [0, 0.1) is 0 Å². The van der Waals surface area contributed by atoms with Gasteiger partial charge in [-0.25, -0.2) is 4.68 Å². The quantitative estimate of drug-likeness (QED) is 0.853. The van der Waals surface area contributed by atoms with E-state index in [1.807, 2.05) is 33.9 Å². The van der Waals surface area contributed by atoms with Crippen LogP contribution in [0.1, 0.15) is 26.5 Å². The van der Waals surface area contributed by atoms with Gasteiger partial charge in [-0.05, 0) is 13.0 Å². The zero-order chi connectivity index (χ0) is 12.3. The molecule has 2 rings (SSSR count). The summed E-state index contributed by atoms with van der Waals surface area (Å²) in [7, 11) is 0. The molecule has 0 bridgehead atoms. The maximum atomic E-state index is 4.48. The molecule has 2 aromatic heterocycles. The van der Waals surface area contributed by atoms with Gasteiger partial charge in [0.25, 0.3) is 0 Å². The second-order valence-corrected chi connectivity index (χ2v) is 4.32. The van der Waals surface area contributed by atoms with E-state index in [1.165, 1.54) is 0 Å². The lowest BCUT2D eigenvalue weighted by Crippen LogP contribution is -2.22. The van der Waals surface area contributed by atoms with Gasteiger partial charge in [0.1, 0.15) is 0 Å². The van der Waals surface area contributed by atoms with Crippen molar-refractivity contribution in [2.24, 2.45) is 0 Å². The minimum absolute atomic E-state index is 0.472. The molecule has 0 radical (unpaired) electrons. The average Bonchev–Trinajstić information content (AvgIpc) is 2.94. The lowest BCUT2D eigenvalue weighted by Gasteiger charge is -2.04. The molecule has 0 atom stereocenters. The summed E-state index contributed by atoms with van der Waals surface area (Å²) in [5, 5.41) is 12.2. The minimum atomic E-state index is 0.472. The van der Waals surface area contributed by atoms with Crippen molar-refractivity contribution in [1.29, 1.82) is 0 Å². The predicted octanol–water partition coefficient (Wildman–Crippen LogP) is 1.59. The monoisotopic (exact) mass is 233 g/mol. The third-order valence-electron chi connectivity index (χ3n) is 2.52. The van der Waals surface area contributed by atoms with Crippen molar-refractivity contribution in [2.45, 2.75) is 39.9 Å². The molecule has 0 spiro atoms. The summed E-state index contributed by atoms with van der Waals surface area (Å²) >= 11 is 0. The fourth-order valence-corrected chi connectivity index (χ4v) is 1.54. The van der Waals surface area contributed by atoms with Crippen molar-refractivity contribution >= 4 is 0 Å². The molecule has 0 saturated heterocycles. The summed E-state index contributed by atoms with van der Waals surface area (Å²) in [6.45, 7) is 7.99. The molecular weight excluding hydrogens is 214 g/mol. The first-order chi connectivity index (χ1) is 8.19. The molecular formula is C12H19N5. The summed E-state index contributed by atoms with van der Waals surface area (Å²) in [6, 6.07) is 4.45. The second kappa shape index (κ2) is 5.14. The molecule has 5 heteroatoms. The summed E-state index contributed by atoms with van der Waals surface area (Å²) in [5.74, 6) is 0.864. The number of nitrogens with one attached hydrogen (secondary N) is 1. The Morgan fingerprint density at radius 3 is 2.71 bits per heavy atom. The van der Waals surface area contributed by atoms with Crippen LogP contribution in [0.15, 0.2) is 24.5 Å². The smallest absolute Gasteiger partial charge is 0.174 e. The van der Waals surface area contributed by atoms with Crippen LogP contribution in [0.25, 0.3) is 5.82 Å². The molecule has 1 N–H and O–H groups in total. The molecule has 0 aliphatic carbocycles. The van der Waals surface area contributed by atoms with Gasteiger partial charge < -0.3 is 5.32 Å². The van der Waals surface area contributed by atoms with Crippen LogP contribution in [-0.2, 0) is 13.1 Å². The van der Waals surface area contributed by atoms with Crippen LogP contribution in [0.5, 0.6) is 0 Å². The molecule has 0 aliphatic heterocycles. The van der Waals surface area contributed by atoms with Gasteiger partial charge in [0.05, 0.1) is 5.69 Å². The van der Waals surface area contributed by atoms with Crippen LogP contribution >= 0.6 is 0 Å². The summed E-state index contributed by atoms with van der Waals surface area (Å²) in [5.41, 5.74) is 1.03. The molecule has 0 fully saturated rings. The van der Waals surface area contributed by atoms with Crippen LogP contribution in [0.4, 0.5) is 0 Å². The first-order valence-electron chi connectivity index (χ1n) is 6.01. The Hall–Kier alpha value is -1.62. The largest absolute Gasteiger partial charge is 0.309 e. The number of hydrogen-bond acceptors (Lipinski definition) is 3. The number of hydrogen-bond donors (Lipinski definition) is 1. The van der Waals surface area contributed by atoms with Gasteiger partial charge in [-0.15, -0.1) is 0 Å². The van der Waals surface area contributed by atoms with Crippen molar-refractivity contribution in [3.8, 4) is 5.82 Å². The molecule has 0 amide bonds. The van der Waals surface area contributed by atoms with Crippen molar-refractivity contribution in [2.75, 3.05) is 0 Å². The van der Waals surface area contributed by atoms with E-state index < -0.39 is 0 Å². The van der Waals surface area contributed by atoms with E-state index in [0.717, 1.165) is 24.6 Å². The fourth-order valence-electron chi connectivity index (χ4n) is 1.54. The molecule has 0 unspecified atom stereocenters. The average molecular weight is 233 g/mol. The highest BCUT2D eigenvalue weighted by atomic mass is 15.4. The fraction of sp³-hybridized carbons (Fsp3) is 0.500. The van der Waals surface area contributed by atoms with Crippen molar-refractivity contribution in [1.82, 2.24) is 24.9 Å². The molecule has 0 aliphatic rings. The van der Waals surface area contributed by atoms with Crippen molar-refractivity contribution < 1.29 is 0 Å². The summed E-state index contributed by atoms with van der Waals surface area (Å²) in [4.78, 5) is 0. The molecule has 92 valence electrons. The van der Waals surface area contributed by atoms with Crippen LogP contribution in [-0.4, -0.2) is 25.6 Å². The Bertz CT molecular complexity index is 469. The van der Waals surface area contributed by atoms with E-state index in [-0.39, 0.29) is 0 Å². The van der Waals surface area contributed by atoms with Gasteiger partial charge in [-0.1, -0.05) is 13.8 Å². The standard InChI is InChI=1S/C12H19N5/c1-4-16-7-6-12(15-16)17-8-5-11(14-17)9-13-10(2)3/h5-8,10,13H,4,9H2,1-3H3. The van der Waals surface area contributed by atoms with Gasteiger partial charge in [0.15, 0.2) is 5.82 Å². The molecule has 0 saturated carbocycles. The second-order valence-electron chi connectivity index (χ2n) is 4.32. The van der Waals surface area contributed by atoms with Crippen molar-refractivity contribution in [3.63, 3.8) is 0 Å². The molecule has 17 heavy (non-hydrogen) atoms. The highest BCUT2D eigenvalue weighted by Gasteiger charge is 2.04. The number of aromatic nitrogens is 4. The van der Waals surface area contributed by atoms with Gasteiger partial charge in [-0.2, -0.15) is 10.2 Å². The van der Waals surface area contributed by atoms with E-state index in [0.29, 0.717) is 6.04 Å². The zero-order valence-corrected chi connectivity index (χ0v) is 10.6. The Labute approximate surface area is 101 Å². The lowest BCUT2D eigenvalue weighted by atomic mass is 10.3. The number of rotatable bonds is 5. The molecule has 2 aromatic rings. The van der Waals surface area contributed by atoms with E-state index in [1.54, 1.807) is 0 Å². The molecule has 0 aromatic carbocycles. The Balaban J connectivity index is 2.07. The first-order valence-corrected chi connectivity index (χ1v) is 6.01. The van der Waals surface area contributed by atoms with Crippen LogP contribution in [0.3, 0.4) is 0 Å². The van der Waals surface area contributed by atoms with Gasteiger partial charge in [0.2, 0.25) is 0 Å². The minimum Gasteiger partial charge on any atom is -0.309 e. The maximum Gasteiger partial charge on any atom is 0.174 e. The lowest BCUT2D eigenvalue weighted by molar-refractivity contribution is 0.576. The van der Waals surface area contributed by atoms with Crippen molar-refractivity contribution in [3.05, 3.63) is 30.2 Å². The Morgan fingerprint density at radius 2 is 2.06 bits per heavy atom. The Morgan fingerprint density at radius 1 is 1.24 bits per heavy atom. The van der Waals surface area contributed by atoms with Gasteiger partial charge in [-0.3, -0.25) is 4.68 Å². The third-order valence-corrected chi connectivity index (χ3v) is 2.52. The third kappa shape index (κ3) is 2.94. The van der Waals surface area contributed by atoms with E-state index in [9.17, 15) is 0 Å². The highest BCUT2D eigenvalue weighted by Crippen LogP contribution is 2.05.